The van der Waals surface area contributed by atoms with E-state index in [0.717, 1.165) is 31.5 Å². The highest BCUT2D eigenvalue weighted by Gasteiger charge is 2.09. The Hall–Kier alpha value is -1.45. The lowest BCUT2D eigenvalue weighted by molar-refractivity contribution is 0.0951. The van der Waals surface area contributed by atoms with Gasteiger partial charge in [0.25, 0.3) is 5.91 Å². The fraction of sp³-hybridized carbons (Fsp3) is 0.583. The zero-order valence-electron chi connectivity index (χ0n) is 10.2. The number of hydrogen-bond acceptors (Lipinski definition) is 3. The number of hydrogen-bond donors (Lipinski definition) is 1. The van der Waals surface area contributed by atoms with E-state index in [2.05, 4.69) is 22.2 Å². The van der Waals surface area contributed by atoms with Crippen LogP contribution in [0.2, 0.25) is 0 Å². The molecule has 88 valence electrons. The van der Waals surface area contributed by atoms with Crippen molar-refractivity contribution in [2.45, 2.75) is 40.0 Å². The molecule has 4 nitrogen and oxygen atoms in total. The molecule has 1 heterocycles. The number of nitrogens with one attached hydrogen (secondary N) is 1. The van der Waals surface area contributed by atoms with Gasteiger partial charge in [0.15, 0.2) is 0 Å². The van der Waals surface area contributed by atoms with Gasteiger partial charge in [-0.2, -0.15) is 0 Å². The normalized spacial score (nSPS) is 10.2. The van der Waals surface area contributed by atoms with E-state index in [9.17, 15) is 4.79 Å². The first-order chi connectivity index (χ1) is 7.65. The van der Waals surface area contributed by atoms with Gasteiger partial charge in [-0.3, -0.25) is 4.79 Å². The fourth-order valence-corrected chi connectivity index (χ4v) is 1.48. The van der Waals surface area contributed by atoms with Crippen molar-refractivity contribution in [3.05, 3.63) is 23.3 Å². The van der Waals surface area contributed by atoms with Crippen LogP contribution in [-0.2, 0) is 0 Å². The molecule has 0 atom stereocenters. The smallest absolute Gasteiger partial charge is 0.254 e. The van der Waals surface area contributed by atoms with E-state index < -0.39 is 0 Å². The van der Waals surface area contributed by atoms with Crippen molar-refractivity contribution in [3.8, 4) is 0 Å². The standard InChI is InChI=1S/C12H19N3O/c1-4-5-6-7-13-12(16)11-8-14-10(3)15-9(11)2/h8H,4-7H2,1-3H3,(H,13,16). The number of aryl methyl sites for hydroxylation is 2. The Balaban J connectivity index is 2.53. The summed E-state index contributed by atoms with van der Waals surface area (Å²) in [7, 11) is 0. The molecule has 0 saturated heterocycles. The van der Waals surface area contributed by atoms with Crippen LogP contribution in [0.25, 0.3) is 0 Å². The molecule has 1 rings (SSSR count). The molecule has 0 aliphatic carbocycles. The van der Waals surface area contributed by atoms with Gasteiger partial charge in [-0.25, -0.2) is 9.97 Å². The highest BCUT2D eigenvalue weighted by atomic mass is 16.1. The summed E-state index contributed by atoms with van der Waals surface area (Å²) in [6, 6.07) is 0. The van der Waals surface area contributed by atoms with Gasteiger partial charge in [0.05, 0.1) is 11.3 Å². The number of amides is 1. The molecule has 0 aliphatic rings. The van der Waals surface area contributed by atoms with Crippen LogP contribution in [0.1, 0.15) is 48.1 Å². The zero-order chi connectivity index (χ0) is 12.0. The molecule has 16 heavy (non-hydrogen) atoms. The van der Waals surface area contributed by atoms with Gasteiger partial charge in [-0.1, -0.05) is 19.8 Å². The number of carbonyl (C=O) groups is 1. The minimum atomic E-state index is -0.0754. The third kappa shape index (κ3) is 3.61. The first-order valence-corrected chi connectivity index (χ1v) is 5.73. The first-order valence-electron chi connectivity index (χ1n) is 5.73. The summed E-state index contributed by atoms with van der Waals surface area (Å²) in [5.41, 5.74) is 1.31. The van der Waals surface area contributed by atoms with E-state index in [-0.39, 0.29) is 5.91 Å². The summed E-state index contributed by atoms with van der Waals surface area (Å²) < 4.78 is 0. The summed E-state index contributed by atoms with van der Waals surface area (Å²) in [6.07, 6.45) is 4.91. The zero-order valence-corrected chi connectivity index (χ0v) is 10.2. The van der Waals surface area contributed by atoms with Crippen molar-refractivity contribution in [1.29, 1.82) is 0 Å². The average Bonchev–Trinajstić information content (AvgIpc) is 2.24. The van der Waals surface area contributed by atoms with E-state index in [1.54, 1.807) is 6.20 Å². The number of carbonyl (C=O) groups excluding carboxylic acids is 1. The Kier molecular flexibility index (Phi) is 4.89. The summed E-state index contributed by atoms with van der Waals surface area (Å²) >= 11 is 0. The van der Waals surface area contributed by atoms with Crippen LogP contribution in [0.5, 0.6) is 0 Å². The molecule has 1 aromatic heterocycles. The van der Waals surface area contributed by atoms with Crippen LogP contribution in [0.4, 0.5) is 0 Å². The van der Waals surface area contributed by atoms with Gasteiger partial charge in [0.1, 0.15) is 5.82 Å². The van der Waals surface area contributed by atoms with Gasteiger partial charge >= 0.3 is 0 Å². The molecule has 4 heteroatoms. The maximum absolute atomic E-state index is 11.7. The van der Waals surface area contributed by atoms with Gasteiger partial charge in [0.2, 0.25) is 0 Å². The minimum Gasteiger partial charge on any atom is -0.352 e. The van der Waals surface area contributed by atoms with Crippen molar-refractivity contribution in [1.82, 2.24) is 15.3 Å². The Labute approximate surface area is 96.5 Å². The van der Waals surface area contributed by atoms with Crippen LogP contribution in [-0.4, -0.2) is 22.4 Å². The Morgan fingerprint density at radius 1 is 1.38 bits per heavy atom. The summed E-state index contributed by atoms with van der Waals surface area (Å²) in [4.78, 5) is 19.9. The van der Waals surface area contributed by atoms with Gasteiger partial charge in [-0.15, -0.1) is 0 Å². The third-order valence-corrected chi connectivity index (χ3v) is 2.41. The van der Waals surface area contributed by atoms with Gasteiger partial charge in [0, 0.05) is 12.7 Å². The number of rotatable bonds is 5. The van der Waals surface area contributed by atoms with Crippen molar-refractivity contribution in [2.75, 3.05) is 6.54 Å². The quantitative estimate of drug-likeness (QED) is 0.774. The molecular weight excluding hydrogens is 202 g/mol. The molecule has 0 radical (unpaired) electrons. The van der Waals surface area contributed by atoms with Crippen molar-refractivity contribution >= 4 is 5.91 Å². The predicted molar refractivity (Wildman–Crippen MR) is 63.4 cm³/mol. The van der Waals surface area contributed by atoms with Crippen molar-refractivity contribution in [2.24, 2.45) is 0 Å². The van der Waals surface area contributed by atoms with E-state index >= 15 is 0 Å². The minimum absolute atomic E-state index is 0.0754. The lowest BCUT2D eigenvalue weighted by atomic mass is 10.2. The number of aromatic nitrogens is 2. The predicted octanol–water partition coefficient (Wildman–Crippen LogP) is 2.01. The molecule has 0 aliphatic heterocycles. The Morgan fingerprint density at radius 3 is 2.75 bits per heavy atom. The monoisotopic (exact) mass is 221 g/mol. The molecule has 1 aromatic rings. The van der Waals surface area contributed by atoms with Gasteiger partial charge < -0.3 is 5.32 Å². The van der Waals surface area contributed by atoms with Crippen LogP contribution in [0, 0.1) is 13.8 Å². The largest absolute Gasteiger partial charge is 0.352 e. The molecular formula is C12H19N3O. The van der Waals surface area contributed by atoms with Crippen LogP contribution < -0.4 is 5.32 Å². The second kappa shape index (κ2) is 6.20. The number of nitrogens with zero attached hydrogens (tertiary/aromatic N) is 2. The molecule has 0 unspecified atom stereocenters. The lowest BCUT2D eigenvalue weighted by Gasteiger charge is -2.06. The topological polar surface area (TPSA) is 54.9 Å². The molecule has 0 fully saturated rings. The van der Waals surface area contributed by atoms with Crippen LogP contribution in [0.15, 0.2) is 6.20 Å². The van der Waals surface area contributed by atoms with Crippen LogP contribution in [0.3, 0.4) is 0 Å². The van der Waals surface area contributed by atoms with Crippen molar-refractivity contribution < 1.29 is 4.79 Å². The molecule has 1 amide bonds. The second-order valence-corrected chi connectivity index (χ2v) is 3.88. The Morgan fingerprint density at radius 2 is 2.12 bits per heavy atom. The highest BCUT2D eigenvalue weighted by Crippen LogP contribution is 2.03. The van der Waals surface area contributed by atoms with Gasteiger partial charge in [-0.05, 0) is 20.3 Å². The second-order valence-electron chi connectivity index (χ2n) is 3.88. The van der Waals surface area contributed by atoms with Crippen molar-refractivity contribution in [3.63, 3.8) is 0 Å². The summed E-state index contributed by atoms with van der Waals surface area (Å²) in [5, 5.41) is 2.88. The van der Waals surface area contributed by atoms with Crippen LogP contribution >= 0.6 is 0 Å². The van der Waals surface area contributed by atoms with E-state index in [1.165, 1.54) is 0 Å². The third-order valence-electron chi connectivity index (χ3n) is 2.41. The summed E-state index contributed by atoms with van der Waals surface area (Å²) in [6.45, 7) is 6.51. The summed E-state index contributed by atoms with van der Waals surface area (Å²) in [5.74, 6) is 0.619. The molecule has 0 bridgehead atoms. The average molecular weight is 221 g/mol. The maximum atomic E-state index is 11.7. The molecule has 1 N–H and O–H groups in total. The van der Waals surface area contributed by atoms with E-state index in [4.69, 9.17) is 0 Å². The lowest BCUT2D eigenvalue weighted by Crippen LogP contribution is -2.25. The van der Waals surface area contributed by atoms with E-state index in [0.29, 0.717) is 11.4 Å². The Bertz CT molecular complexity index is 363. The fourth-order valence-electron chi connectivity index (χ4n) is 1.48. The molecule has 0 spiro atoms. The molecule has 0 aromatic carbocycles. The number of unbranched alkanes of at least 4 members (excludes halogenated alkanes) is 2. The first kappa shape index (κ1) is 12.6. The highest BCUT2D eigenvalue weighted by molar-refractivity contribution is 5.94. The maximum Gasteiger partial charge on any atom is 0.254 e. The van der Waals surface area contributed by atoms with E-state index in [1.807, 2.05) is 13.8 Å². The SMILES string of the molecule is CCCCCNC(=O)c1cnc(C)nc1C. The molecule has 0 saturated carbocycles.